The van der Waals surface area contributed by atoms with Gasteiger partial charge in [-0.25, -0.2) is 0 Å². The van der Waals surface area contributed by atoms with Crippen molar-refractivity contribution in [2.45, 2.75) is 10.2 Å². The summed E-state index contributed by atoms with van der Waals surface area (Å²) < 4.78 is -1.18. The normalized spacial score (nSPS) is 11.6. The van der Waals surface area contributed by atoms with Crippen LogP contribution in [0.2, 0.25) is 0 Å². The van der Waals surface area contributed by atoms with E-state index in [1.165, 1.54) is 0 Å². The van der Waals surface area contributed by atoms with Crippen LogP contribution < -0.4 is 0 Å². The van der Waals surface area contributed by atoms with Crippen LogP contribution in [0.25, 0.3) is 0 Å². The second-order valence-corrected chi connectivity index (χ2v) is 4.95. The lowest BCUT2D eigenvalue weighted by Gasteiger charge is -2.09. The Kier molecular flexibility index (Phi) is 3.70. The monoisotopic (exact) mass is 221 g/mol. The molecule has 1 aromatic rings. The van der Waals surface area contributed by atoms with E-state index in [1.54, 1.807) is 0 Å². The molecule has 0 spiro atoms. The van der Waals surface area contributed by atoms with Crippen LogP contribution in [-0.2, 0) is 0 Å². The van der Waals surface area contributed by atoms with Gasteiger partial charge in [0.2, 0.25) is 0 Å². The maximum Gasteiger partial charge on any atom is 0.191 e. The molecule has 0 aliphatic heterocycles. The zero-order valence-corrected chi connectivity index (χ0v) is 8.57. The summed E-state index contributed by atoms with van der Waals surface area (Å²) in [6.07, 6.45) is 2.33. The highest BCUT2D eigenvalue weighted by Gasteiger charge is 2.18. The minimum Gasteiger partial charge on any atom is -0.0837 e. The van der Waals surface area contributed by atoms with Crippen LogP contribution in [0.4, 0.5) is 0 Å². The molecule has 0 saturated carbocycles. The molecule has 0 aromatic heterocycles. The third-order valence-electron chi connectivity index (χ3n) is 1.37. The van der Waals surface area contributed by atoms with Crippen molar-refractivity contribution in [2.24, 2.45) is 0 Å². The fraction of sp³-hybridized carbons (Fsp3) is 0.222. The quantitative estimate of drug-likeness (QED) is 0.664. The summed E-state index contributed by atoms with van der Waals surface area (Å²) in [7, 11) is 0. The van der Waals surface area contributed by atoms with Gasteiger partial charge in [0.05, 0.1) is 0 Å². The Hall–Kier alpha value is 0.0900. The van der Waals surface area contributed by atoms with Crippen molar-refractivity contribution in [1.82, 2.24) is 0 Å². The molecule has 0 saturated heterocycles. The first-order valence-electron chi connectivity index (χ1n) is 3.53. The molecular weight excluding hydrogens is 214 g/mol. The van der Waals surface area contributed by atoms with Crippen LogP contribution in [0, 0.1) is 6.42 Å². The van der Waals surface area contributed by atoms with E-state index in [4.69, 9.17) is 34.8 Å². The molecule has 0 nitrogen and oxygen atoms in total. The Labute approximate surface area is 87.4 Å². The van der Waals surface area contributed by atoms with E-state index in [2.05, 4.69) is 0 Å². The average Bonchev–Trinajstić information content (AvgIpc) is 2.02. The van der Waals surface area contributed by atoms with Crippen molar-refractivity contribution < 1.29 is 0 Å². The van der Waals surface area contributed by atoms with Crippen LogP contribution in [0.1, 0.15) is 12.0 Å². The zero-order chi connectivity index (χ0) is 9.03. The summed E-state index contributed by atoms with van der Waals surface area (Å²) >= 11 is 16.7. The Morgan fingerprint density at radius 3 is 2.17 bits per heavy atom. The lowest BCUT2D eigenvalue weighted by Crippen LogP contribution is -2.01. The molecule has 0 aliphatic carbocycles. The van der Waals surface area contributed by atoms with Crippen LogP contribution >= 0.6 is 34.8 Å². The first-order chi connectivity index (χ1) is 5.58. The highest BCUT2D eigenvalue weighted by atomic mass is 35.6. The highest BCUT2D eigenvalue weighted by molar-refractivity contribution is 6.67. The molecule has 0 heterocycles. The molecule has 0 bridgehead atoms. The van der Waals surface area contributed by atoms with Crippen LogP contribution in [0.5, 0.6) is 0 Å². The maximum atomic E-state index is 5.58. The second kappa shape index (κ2) is 4.36. The van der Waals surface area contributed by atoms with Gasteiger partial charge in [0.1, 0.15) is 0 Å². The smallest absolute Gasteiger partial charge is 0.0837 e. The third kappa shape index (κ3) is 4.20. The first kappa shape index (κ1) is 10.2. The van der Waals surface area contributed by atoms with Crippen molar-refractivity contribution in [2.75, 3.05) is 0 Å². The van der Waals surface area contributed by atoms with Crippen molar-refractivity contribution in [3.8, 4) is 0 Å². The number of rotatable bonds is 2. The summed E-state index contributed by atoms with van der Waals surface area (Å²) in [5, 5.41) is 0. The van der Waals surface area contributed by atoms with E-state index >= 15 is 0 Å². The Morgan fingerprint density at radius 2 is 1.67 bits per heavy atom. The van der Waals surface area contributed by atoms with E-state index < -0.39 is 3.79 Å². The Balaban J connectivity index is 2.44. The van der Waals surface area contributed by atoms with Crippen LogP contribution in [0.15, 0.2) is 30.3 Å². The Bertz CT molecular complexity index is 225. The summed E-state index contributed by atoms with van der Waals surface area (Å²) in [6, 6.07) is 9.79. The molecule has 0 aliphatic rings. The van der Waals surface area contributed by atoms with Crippen molar-refractivity contribution in [3.63, 3.8) is 0 Å². The van der Waals surface area contributed by atoms with Gasteiger partial charge >= 0.3 is 0 Å². The molecule has 1 aromatic carbocycles. The SMILES string of the molecule is ClC(Cl)(Cl)C[CH]c1ccccc1. The molecule has 1 radical (unpaired) electrons. The lowest BCUT2D eigenvalue weighted by molar-refractivity contribution is 1.01. The molecular formula is C9H8Cl3. The first-order valence-corrected chi connectivity index (χ1v) is 4.66. The molecule has 0 atom stereocenters. The standard InChI is InChI=1S/C9H8Cl3/c10-9(11,12)7-6-8-4-2-1-3-5-8/h1-6H,7H2. The summed E-state index contributed by atoms with van der Waals surface area (Å²) in [5.74, 6) is 0. The molecule has 3 heteroatoms. The van der Waals surface area contributed by atoms with Crippen LogP contribution in [-0.4, -0.2) is 3.79 Å². The van der Waals surface area contributed by atoms with Gasteiger partial charge in [0, 0.05) is 6.42 Å². The predicted molar refractivity (Wildman–Crippen MR) is 54.8 cm³/mol. The zero-order valence-electron chi connectivity index (χ0n) is 6.31. The number of benzene rings is 1. The number of halogens is 3. The fourth-order valence-corrected chi connectivity index (χ4v) is 1.05. The van der Waals surface area contributed by atoms with E-state index in [1.807, 2.05) is 36.8 Å². The molecule has 0 unspecified atom stereocenters. The molecule has 0 N–H and O–H groups in total. The van der Waals surface area contributed by atoms with Gasteiger partial charge < -0.3 is 0 Å². The van der Waals surface area contributed by atoms with Crippen molar-refractivity contribution in [1.29, 1.82) is 0 Å². The fourth-order valence-electron chi connectivity index (χ4n) is 0.823. The third-order valence-corrected chi connectivity index (χ3v) is 1.83. The van der Waals surface area contributed by atoms with E-state index in [9.17, 15) is 0 Å². The molecule has 65 valence electrons. The van der Waals surface area contributed by atoms with E-state index in [-0.39, 0.29) is 0 Å². The Morgan fingerprint density at radius 1 is 1.08 bits per heavy atom. The molecule has 12 heavy (non-hydrogen) atoms. The van der Waals surface area contributed by atoms with E-state index in [0.29, 0.717) is 6.42 Å². The van der Waals surface area contributed by atoms with Crippen molar-refractivity contribution in [3.05, 3.63) is 42.3 Å². The van der Waals surface area contributed by atoms with Gasteiger partial charge in [-0.3, -0.25) is 0 Å². The number of alkyl halides is 3. The summed E-state index contributed by atoms with van der Waals surface area (Å²) in [6.45, 7) is 0. The molecule has 1 rings (SSSR count). The van der Waals surface area contributed by atoms with Gasteiger partial charge in [-0.15, -0.1) is 0 Å². The second-order valence-electron chi connectivity index (χ2n) is 2.43. The van der Waals surface area contributed by atoms with Crippen LogP contribution in [0.3, 0.4) is 0 Å². The van der Waals surface area contributed by atoms with E-state index in [0.717, 1.165) is 5.56 Å². The van der Waals surface area contributed by atoms with Gasteiger partial charge in [0.25, 0.3) is 0 Å². The van der Waals surface area contributed by atoms with Crippen molar-refractivity contribution >= 4 is 34.8 Å². The van der Waals surface area contributed by atoms with Gasteiger partial charge in [-0.05, 0) is 12.0 Å². The lowest BCUT2D eigenvalue weighted by atomic mass is 10.1. The molecule has 0 amide bonds. The maximum absolute atomic E-state index is 5.58. The number of hydrogen-bond acceptors (Lipinski definition) is 0. The minimum absolute atomic E-state index is 0.432. The summed E-state index contributed by atoms with van der Waals surface area (Å²) in [5.41, 5.74) is 1.07. The molecule has 0 fully saturated rings. The highest BCUT2D eigenvalue weighted by Crippen LogP contribution is 2.31. The van der Waals surface area contributed by atoms with Gasteiger partial charge in [-0.2, -0.15) is 0 Å². The average molecular weight is 223 g/mol. The minimum atomic E-state index is -1.18. The topological polar surface area (TPSA) is 0 Å². The predicted octanol–water partition coefficient (Wildman–Crippen LogP) is 4.00. The largest absolute Gasteiger partial charge is 0.191 e. The summed E-state index contributed by atoms with van der Waals surface area (Å²) in [4.78, 5) is 0. The number of hydrogen-bond donors (Lipinski definition) is 0. The van der Waals surface area contributed by atoms with Gasteiger partial charge in [-0.1, -0.05) is 65.1 Å². The van der Waals surface area contributed by atoms with Gasteiger partial charge in [0.15, 0.2) is 3.79 Å².